The molecule has 0 radical (unpaired) electrons. The van der Waals surface area contributed by atoms with E-state index in [-0.39, 0.29) is 18.1 Å². The Morgan fingerprint density at radius 3 is 2.77 bits per heavy atom. The van der Waals surface area contributed by atoms with Gasteiger partial charge in [0.2, 0.25) is 5.95 Å². The van der Waals surface area contributed by atoms with E-state index in [0.717, 1.165) is 11.3 Å². The third-order valence-electron chi connectivity index (χ3n) is 3.69. The molecule has 7 nitrogen and oxygen atoms in total. The van der Waals surface area contributed by atoms with Crippen molar-refractivity contribution in [2.75, 3.05) is 5.32 Å². The Hall–Kier alpha value is -3.24. The molecule has 0 bridgehead atoms. The van der Waals surface area contributed by atoms with Gasteiger partial charge >= 0.3 is 0 Å². The maximum absolute atomic E-state index is 12.1. The van der Waals surface area contributed by atoms with Crippen molar-refractivity contribution in [3.63, 3.8) is 0 Å². The van der Waals surface area contributed by atoms with Gasteiger partial charge in [0.1, 0.15) is 0 Å². The Morgan fingerprint density at radius 2 is 2.12 bits per heavy atom. The largest absolute Gasteiger partial charge is 0.321 e. The first-order valence-corrected chi connectivity index (χ1v) is 8.26. The van der Waals surface area contributed by atoms with Gasteiger partial charge < -0.3 is 5.32 Å². The highest BCUT2D eigenvalue weighted by Crippen LogP contribution is 2.27. The van der Waals surface area contributed by atoms with E-state index >= 15 is 0 Å². The van der Waals surface area contributed by atoms with Gasteiger partial charge in [0.15, 0.2) is 5.78 Å². The molecular formula is C18H15ClN6O. The van der Waals surface area contributed by atoms with Crippen LogP contribution in [0.2, 0.25) is 5.02 Å². The number of carbonyl (C=O) groups is 1. The van der Waals surface area contributed by atoms with Gasteiger partial charge in [-0.1, -0.05) is 35.9 Å². The Labute approximate surface area is 155 Å². The zero-order valence-corrected chi connectivity index (χ0v) is 14.7. The zero-order chi connectivity index (χ0) is 18.5. The molecule has 2 N–H and O–H groups in total. The zero-order valence-electron chi connectivity index (χ0n) is 13.9. The number of rotatable bonds is 6. The fraction of sp³-hybridized carbons (Fsp3) is 0.167. The van der Waals surface area contributed by atoms with Crippen LogP contribution in [0.25, 0.3) is 11.3 Å². The van der Waals surface area contributed by atoms with Gasteiger partial charge in [-0.3, -0.25) is 9.89 Å². The monoisotopic (exact) mass is 366 g/mol. The number of anilines is 2. The summed E-state index contributed by atoms with van der Waals surface area (Å²) in [5, 5.41) is 18.8. The second-order valence-electron chi connectivity index (χ2n) is 5.74. The first kappa shape index (κ1) is 17.6. The number of ketones is 1. The summed E-state index contributed by atoms with van der Waals surface area (Å²) in [5.41, 5.74) is 2.60. The smallest absolute Gasteiger partial charge is 0.227 e. The normalized spacial score (nSPS) is 11.6. The molecule has 0 spiro atoms. The third kappa shape index (κ3) is 4.05. The molecule has 1 atom stereocenters. The lowest BCUT2D eigenvalue weighted by molar-refractivity contribution is 0.0973. The molecule has 3 rings (SSSR count). The molecule has 26 heavy (non-hydrogen) atoms. The fourth-order valence-electron chi connectivity index (χ4n) is 2.33. The summed E-state index contributed by atoms with van der Waals surface area (Å²) in [4.78, 5) is 20.7. The number of nitrogens with zero attached hydrogens (tertiary/aromatic N) is 4. The Kier molecular flexibility index (Phi) is 5.25. The maximum atomic E-state index is 12.1. The number of hydrogen-bond acceptors (Lipinski definition) is 6. The van der Waals surface area contributed by atoms with Gasteiger partial charge in [-0.25, -0.2) is 9.97 Å². The van der Waals surface area contributed by atoms with E-state index in [2.05, 4.69) is 31.6 Å². The van der Waals surface area contributed by atoms with Gasteiger partial charge in [0.05, 0.1) is 40.8 Å². The number of H-pyrrole nitrogens is 1. The lowest BCUT2D eigenvalue weighted by atomic mass is 9.99. The average Bonchev–Trinajstić information content (AvgIpc) is 3.16. The number of halogens is 1. The van der Waals surface area contributed by atoms with Crippen LogP contribution in [-0.2, 0) is 0 Å². The van der Waals surface area contributed by atoms with Crippen LogP contribution in [0.4, 0.5) is 11.6 Å². The number of benzene rings is 1. The molecule has 8 heteroatoms. The summed E-state index contributed by atoms with van der Waals surface area (Å²) in [6.07, 6.45) is 5.00. The van der Waals surface area contributed by atoms with Crippen LogP contribution in [-0.4, -0.2) is 25.9 Å². The minimum absolute atomic E-state index is 0.0679. The van der Waals surface area contributed by atoms with Crippen LogP contribution in [0.3, 0.4) is 0 Å². The molecule has 0 saturated carbocycles. The van der Waals surface area contributed by atoms with Crippen LogP contribution in [0.15, 0.2) is 42.9 Å². The highest BCUT2D eigenvalue weighted by atomic mass is 35.5. The molecule has 0 aliphatic carbocycles. The van der Waals surface area contributed by atoms with Gasteiger partial charge in [-0.2, -0.15) is 10.4 Å². The molecule has 130 valence electrons. The topological polar surface area (TPSA) is 107 Å². The quantitative estimate of drug-likeness (QED) is 0.638. The molecule has 3 aromatic rings. The van der Waals surface area contributed by atoms with Crippen molar-refractivity contribution < 1.29 is 4.79 Å². The van der Waals surface area contributed by atoms with E-state index < -0.39 is 0 Å². The molecule has 0 unspecified atom stereocenters. The van der Waals surface area contributed by atoms with E-state index in [1.807, 2.05) is 0 Å². The minimum Gasteiger partial charge on any atom is -0.321 e. The summed E-state index contributed by atoms with van der Waals surface area (Å²) in [6, 6.07) is 9.04. The van der Waals surface area contributed by atoms with E-state index in [1.54, 1.807) is 43.6 Å². The van der Waals surface area contributed by atoms with Gasteiger partial charge in [-0.05, 0) is 6.92 Å². The summed E-state index contributed by atoms with van der Waals surface area (Å²) < 4.78 is 0. The molecule has 0 amide bonds. The standard InChI is InChI=1S/C18H15ClN6O/c1-11(7-20)6-16(26)12-2-4-13(5-3-12)17-15(19)10-21-18(25-17)24-14-8-22-23-9-14/h2-5,8-11H,6H2,1H3,(H,22,23)(H,21,24,25)/t11-/m1/s1. The Bertz CT molecular complexity index is 947. The highest BCUT2D eigenvalue weighted by molar-refractivity contribution is 6.32. The minimum atomic E-state index is -0.310. The first-order chi connectivity index (χ1) is 12.6. The van der Waals surface area contributed by atoms with Crippen LogP contribution < -0.4 is 5.32 Å². The number of nitrogens with one attached hydrogen (secondary N) is 2. The number of nitriles is 1. The molecular weight excluding hydrogens is 352 g/mol. The van der Waals surface area contributed by atoms with Crippen molar-refractivity contribution in [1.82, 2.24) is 20.2 Å². The van der Waals surface area contributed by atoms with E-state index in [9.17, 15) is 4.79 Å². The van der Waals surface area contributed by atoms with Crippen LogP contribution >= 0.6 is 11.6 Å². The van der Waals surface area contributed by atoms with Gasteiger partial charge in [0, 0.05) is 23.7 Å². The molecule has 2 aromatic heterocycles. The van der Waals surface area contributed by atoms with Crippen molar-refractivity contribution in [1.29, 1.82) is 5.26 Å². The summed E-state index contributed by atoms with van der Waals surface area (Å²) in [5.74, 6) is 0.00513. The van der Waals surface area contributed by atoms with Crippen molar-refractivity contribution in [2.45, 2.75) is 13.3 Å². The molecule has 0 aliphatic rings. The molecule has 1 aromatic carbocycles. The predicted octanol–water partition coefficient (Wildman–Crippen LogP) is 4.00. The van der Waals surface area contributed by atoms with Gasteiger partial charge in [-0.15, -0.1) is 0 Å². The number of hydrogen-bond donors (Lipinski definition) is 2. The lowest BCUT2D eigenvalue weighted by Gasteiger charge is -2.08. The molecule has 0 fully saturated rings. The van der Waals surface area contributed by atoms with Crippen LogP contribution in [0.5, 0.6) is 0 Å². The number of carbonyl (C=O) groups excluding carboxylic acids is 1. The summed E-state index contributed by atoms with van der Waals surface area (Å²) in [7, 11) is 0. The number of Topliss-reactive ketones (excluding diaryl/α,β-unsaturated/α-hetero) is 1. The second kappa shape index (κ2) is 7.76. The third-order valence-corrected chi connectivity index (χ3v) is 3.97. The van der Waals surface area contributed by atoms with E-state index in [1.165, 1.54) is 6.20 Å². The maximum Gasteiger partial charge on any atom is 0.227 e. The summed E-state index contributed by atoms with van der Waals surface area (Å²) >= 11 is 6.23. The van der Waals surface area contributed by atoms with Crippen molar-refractivity contribution >= 4 is 29.0 Å². The molecule has 0 aliphatic heterocycles. The molecule has 0 saturated heterocycles. The second-order valence-corrected chi connectivity index (χ2v) is 6.14. The number of aromatic nitrogens is 4. The number of aromatic amines is 1. The van der Waals surface area contributed by atoms with Crippen molar-refractivity contribution in [2.24, 2.45) is 5.92 Å². The first-order valence-electron chi connectivity index (χ1n) is 7.88. The SMILES string of the molecule is C[C@@H](C#N)CC(=O)c1ccc(-c2nc(Nc3cn[nH]c3)ncc2Cl)cc1. The lowest BCUT2D eigenvalue weighted by Crippen LogP contribution is -2.04. The fourth-order valence-corrected chi connectivity index (χ4v) is 2.53. The Balaban J connectivity index is 1.82. The summed E-state index contributed by atoms with van der Waals surface area (Å²) in [6.45, 7) is 1.72. The predicted molar refractivity (Wildman–Crippen MR) is 98.1 cm³/mol. The van der Waals surface area contributed by atoms with Gasteiger partial charge in [0.25, 0.3) is 0 Å². The van der Waals surface area contributed by atoms with E-state index in [0.29, 0.717) is 22.2 Å². The highest BCUT2D eigenvalue weighted by Gasteiger charge is 2.13. The molecule has 2 heterocycles. The van der Waals surface area contributed by atoms with Crippen LogP contribution in [0.1, 0.15) is 23.7 Å². The van der Waals surface area contributed by atoms with Crippen LogP contribution in [0, 0.1) is 17.2 Å². The van der Waals surface area contributed by atoms with Crippen molar-refractivity contribution in [3.05, 3.63) is 53.4 Å². The average molecular weight is 367 g/mol. The Morgan fingerprint density at radius 1 is 1.35 bits per heavy atom. The van der Waals surface area contributed by atoms with Crippen molar-refractivity contribution in [3.8, 4) is 17.3 Å². The van der Waals surface area contributed by atoms with E-state index in [4.69, 9.17) is 16.9 Å².